The normalized spacial score (nSPS) is 16.1. The quantitative estimate of drug-likeness (QED) is 0.0638. The number of rotatable bonds is 9. The first-order valence-electron chi connectivity index (χ1n) is 14.3. The van der Waals surface area contributed by atoms with Gasteiger partial charge in [-0.15, -0.1) is 10.2 Å². The van der Waals surface area contributed by atoms with Crippen LogP contribution in [0.5, 0.6) is 11.5 Å². The van der Waals surface area contributed by atoms with Crippen molar-refractivity contribution >= 4 is 51.3 Å². The smallest absolute Gasteiger partial charge is 0.301 e. The van der Waals surface area contributed by atoms with Gasteiger partial charge < -0.3 is 19.0 Å². The summed E-state index contributed by atoms with van der Waals surface area (Å²) in [7, 11) is 1.52. The molecular formula is C33H31N5O5S2. The Bertz CT molecular complexity index is 1960. The number of hydrogen-bond acceptors (Lipinski definition) is 10. The summed E-state index contributed by atoms with van der Waals surface area (Å²) in [5.74, 6) is -0.433. The molecule has 1 aliphatic rings. The van der Waals surface area contributed by atoms with Gasteiger partial charge in [0.2, 0.25) is 5.13 Å². The topological polar surface area (TPSA) is 119 Å². The third-order valence-electron chi connectivity index (χ3n) is 7.64. The number of carbonyl (C=O) groups is 2. The fraction of sp³-hybridized carbons (Fsp3) is 0.242. The largest absolute Gasteiger partial charge is 0.505 e. The summed E-state index contributed by atoms with van der Waals surface area (Å²) in [6, 6.07) is 16.2. The van der Waals surface area contributed by atoms with Gasteiger partial charge in [0.1, 0.15) is 11.3 Å². The average Bonchev–Trinajstić information content (AvgIpc) is 3.72. The van der Waals surface area contributed by atoms with Crippen molar-refractivity contribution in [1.29, 1.82) is 0 Å². The zero-order valence-electron chi connectivity index (χ0n) is 25.4. The van der Waals surface area contributed by atoms with Gasteiger partial charge in [-0.25, -0.2) is 4.98 Å². The molecule has 3 aromatic heterocycles. The summed E-state index contributed by atoms with van der Waals surface area (Å²) in [4.78, 5) is 33.5. The van der Waals surface area contributed by atoms with Gasteiger partial charge in [0.25, 0.3) is 5.78 Å². The van der Waals surface area contributed by atoms with E-state index in [9.17, 15) is 14.7 Å². The predicted octanol–water partition coefficient (Wildman–Crippen LogP) is 6.44. The summed E-state index contributed by atoms with van der Waals surface area (Å²) < 4.78 is 13.8. The van der Waals surface area contributed by atoms with Crippen LogP contribution in [0.2, 0.25) is 0 Å². The molecule has 1 N–H and O–H groups in total. The van der Waals surface area contributed by atoms with Gasteiger partial charge in [0.05, 0.1) is 31.0 Å². The maximum absolute atomic E-state index is 13.8. The number of pyridine rings is 1. The second kappa shape index (κ2) is 12.4. The Kier molecular flexibility index (Phi) is 8.34. The summed E-state index contributed by atoms with van der Waals surface area (Å²) in [6.45, 7) is 8.05. The Morgan fingerprint density at radius 3 is 2.53 bits per heavy atom. The van der Waals surface area contributed by atoms with Crippen LogP contribution >= 0.6 is 23.1 Å². The van der Waals surface area contributed by atoms with Crippen molar-refractivity contribution in [3.8, 4) is 11.5 Å². The highest BCUT2D eigenvalue weighted by molar-refractivity contribution is 8.00. The number of Topliss-reactive ketones (excluding diaryl/α,β-unsaturated/α-hetero) is 1. The summed E-state index contributed by atoms with van der Waals surface area (Å²) >= 11 is 2.70. The van der Waals surface area contributed by atoms with E-state index in [4.69, 9.17) is 9.47 Å². The van der Waals surface area contributed by atoms with Crippen molar-refractivity contribution in [3.05, 3.63) is 100 Å². The molecule has 6 rings (SSSR count). The third-order valence-corrected chi connectivity index (χ3v) is 9.77. The Morgan fingerprint density at radius 2 is 1.82 bits per heavy atom. The number of aryl methyl sites for hydroxylation is 3. The molecule has 1 saturated heterocycles. The van der Waals surface area contributed by atoms with Gasteiger partial charge >= 0.3 is 5.91 Å². The number of carbonyl (C=O) groups excluding carboxylic acids is 2. The molecule has 2 aromatic carbocycles. The molecule has 5 aromatic rings. The molecule has 1 fully saturated rings. The number of aliphatic hydroxyl groups excluding tert-OH is 1. The molecule has 1 atom stereocenters. The second-order valence-corrected chi connectivity index (χ2v) is 12.7. The van der Waals surface area contributed by atoms with E-state index in [1.54, 1.807) is 18.2 Å². The first kappa shape index (κ1) is 30.4. The average molecular weight is 642 g/mol. The fourth-order valence-corrected chi connectivity index (χ4v) is 7.16. The molecule has 10 nitrogen and oxygen atoms in total. The summed E-state index contributed by atoms with van der Waals surface area (Å²) in [6.07, 6.45) is 1.84. The van der Waals surface area contributed by atoms with E-state index in [1.165, 1.54) is 40.7 Å². The number of ketones is 1. The minimum absolute atomic E-state index is 0.0977. The van der Waals surface area contributed by atoms with Gasteiger partial charge in [-0.05, 0) is 62.6 Å². The van der Waals surface area contributed by atoms with Gasteiger partial charge in [-0.2, -0.15) is 0 Å². The minimum atomic E-state index is -1.03. The molecule has 1 unspecified atom stereocenters. The van der Waals surface area contributed by atoms with Crippen LogP contribution in [0.3, 0.4) is 0 Å². The Morgan fingerprint density at radius 1 is 1.04 bits per heavy atom. The number of hydrogen-bond donors (Lipinski definition) is 1. The van der Waals surface area contributed by atoms with Gasteiger partial charge in [-0.1, -0.05) is 65.1 Å². The number of aromatic nitrogens is 4. The monoisotopic (exact) mass is 641 g/mol. The van der Waals surface area contributed by atoms with Crippen LogP contribution in [0.15, 0.2) is 70.7 Å². The van der Waals surface area contributed by atoms with Crippen LogP contribution in [0.25, 0.3) is 11.4 Å². The van der Waals surface area contributed by atoms with Crippen molar-refractivity contribution in [2.45, 2.75) is 43.8 Å². The molecule has 0 saturated carbocycles. The standard InChI is InChI=1S/C33H31N5O5S2/c1-6-43-23-14-13-22(16-24(23)42-5)27-25(28(39)26-20(4)37-15-7-8-19(3)30(37)34-26)29(40)31(41)38(27)32-35-36-33(45-32)44-17-21-11-9-18(2)10-12-21/h7-16,27,39H,6,17H2,1-5H3. The molecule has 1 aliphatic heterocycles. The van der Waals surface area contributed by atoms with E-state index in [1.807, 2.05) is 50.4 Å². The summed E-state index contributed by atoms with van der Waals surface area (Å²) in [5.41, 5.74) is 5.13. The number of fused-ring (bicyclic) bond motifs is 1. The molecule has 0 aliphatic carbocycles. The van der Waals surface area contributed by atoms with E-state index >= 15 is 0 Å². The third kappa shape index (κ3) is 5.55. The molecule has 0 radical (unpaired) electrons. The van der Waals surface area contributed by atoms with Gasteiger partial charge in [0.15, 0.2) is 21.6 Å². The van der Waals surface area contributed by atoms with Crippen LogP contribution in [-0.2, 0) is 15.3 Å². The molecule has 0 spiro atoms. The Labute approximate surface area is 268 Å². The Hall–Kier alpha value is -4.68. The minimum Gasteiger partial charge on any atom is -0.505 e. The number of amides is 1. The highest BCUT2D eigenvalue weighted by atomic mass is 32.2. The molecule has 230 valence electrons. The van der Waals surface area contributed by atoms with Crippen LogP contribution in [0.4, 0.5) is 5.13 Å². The van der Waals surface area contributed by atoms with Gasteiger partial charge in [0, 0.05) is 11.9 Å². The molecule has 45 heavy (non-hydrogen) atoms. The van der Waals surface area contributed by atoms with Crippen LogP contribution in [0.1, 0.15) is 46.6 Å². The Balaban J connectivity index is 1.46. The highest BCUT2D eigenvalue weighted by Crippen LogP contribution is 2.46. The number of imidazole rings is 1. The molecule has 1 amide bonds. The molecule has 0 bridgehead atoms. The maximum Gasteiger partial charge on any atom is 0.301 e. The van der Waals surface area contributed by atoms with E-state index in [-0.39, 0.29) is 22.2 Å². The number of ether oxygens (including phenoxy) is 2. The lowest BCUT2D eigenvalue weighted by Crippen LogP contribution is -2.29. The lowest BCUT2D eigenvalue weighted by molar-refractivity contribution is -0.132. The van der Waals surface area contributed by atoms with E-state index in [0.29, 0.717) is 45.1 Å². The number of nitrogens with zero attached hydrogens (tertiary/aromatic N) is 5. The van der Waals surface area contributed by atoms with Gasteiger partial charge in [-0.3, -0.25) is 14.5 Å². The van der Waals surface area contributed by atoms with Crippen molar-refractivity contribution in [2.24, 2.45) is 0 Å². The molecular weight excluding hydrogens is 611 g/mol. The van der Waals surface area contributed by atoms with Crippen LogP contribution in [-0.4, -0.2) is 50.1 Å². The number of aliphatic hydroxyl groups is 1. The van der Waals surface area contributed by atoms with E-state index < -0.39 is 17.7 Å². The molecule has 12 heteroatoms. The second-order valence-electron chi connectivity index (χ2n) is 10.6. The number of thioether (sulfide) groups is 1. The highest BCUT2D eigenvalue weighted by Gasteiger charge is 2.49. The zero-order valence-corrected chi connectivity index (χ0v) is 27.0. The van der Waals surface area contributed by atoms with E-state index in [2.05, 4.69) is 39.4 Å². The predicted molar refractivity (Wildman–Crippen MR) is 174 cm³/mol. The number of anilines is 1. The number of methoxy groups -OCH3 is 1. The van der Waals surface area contributed by atoms with Crippen molar-refractivity contribution < 1.29 is 24.2 Å². The molecule has 4 heterocycles. The van der Waals surface area contributed by atoms with Crippen molar-refractivity contribution in [2.75, 3.05) is 18.6 Å². The lowest BCUT2D eigenvalue weighted by atomic mass is 9.96. The number of benzene rings is 2. The first-order chi connectivity index (χ1) is 21.7. The summed E-state index contributed by atoms with van der Waals surface area (Å²) in [5, 5.41) is 20.7. The van der Waals surface area contributed by atoms with Crippen LogP contribution < -0.4 is 14.4 Å². The van der Waals surface area contributed by atoms with Crippen LogP contribution in [0, 0.1) is 20.8 Å². The van der Waals surface area contributed by atoms with E-state index in [0.717, 1.165) is 11.1 Å². The lowest BCUT2D eigenvalue weighted by Gasteiger charge is -2.23. The van der Waals surface area contributed by atoms with Crippen molar-refractivity contribution in [3.63, 3.8) is 0 Å². The van der Waals surface area contributed by atoms with Crippen molar-refractivity contribution in [1.82, 2.24) is 19.6 Å². The first-order valence-corrected chi connectivity index (χ1v) is 16.1. The fourth-order valence-electron chi connectivity index (χ4n) is 5.34. The maximum atomic E-state index is 13.8. The zero-order chi connectivity index (χ0) is 31.8. The SMILES string of the molecule is CCOc1ccc(C2C(=C(O)c3nc4c(C)cccn4c3C)C(=O)C(=O)N2c2nnc(SCc3ccc(C)cc3)s2)cc1OC.